The molecule has 1 atom stereocenters. The maximum Gasteiger partial charge on any atom is 1.00 e. The van der Waals surface area contributed by atoms with Crippen molar-refractivity contribution in [2.45, 2.75) is 12.5 Å². The number of hydrogen-bond acceptors (Lipinski definition) is 4. The fourth-order valence-electron chi connectivity index (χ4n) is 1.80. The van der Waals surface area contributed by atoms with Gasteiger partial charge in [-0.2, -0.15) is 0 Å². The first-order valence-corrected chi connectivity index (χ1v) is 9.62. The molecular weight excluding hydrogens is 662 g/mol. The Labute approximate surface area is 202 Å². The molecule has 0 saturated carbocycles. The van der Waals surface area contributed by atoms with Crippen LogP contribution in [0.5, 0.6) is 17.2 Å². The second kappa shape index (κ2) is 10.1. The van der Waals surface area contributed by atoms with E-state index >= 15 is 0 Å². The van der Waals surface area contributed by atoms with Gasteiger partial charge in [0.2, 0.25) is 0 Å². The van der Waals surface area contributed by atoms with Gasteiger partial charge in [0.15, 0.2) is 0 Å². The van der Waals surface area contributed by atoms with Crippen molar-refractivity contribution in [1.82, 2.24) is 0 Å². The van der Waals surface area contributed by atoms with E-state index in [0.29, 0.717) is 15.1 Å². The Balaban J connectivity index is 0.00000288. The maximum absolute atomic E-state index is 11.4. The van der Waals surface area contributed by atoms with Crippen LogP contribution < -0.4 is 45.1 Å². The number of carbonyl (C=O) groups is 1. The van der Waals surface area contributed by atoms with Gasteiger partial charge in [0.05, 0.1) is 3.57 Å². The second-order valence-electron chi connectivity index (χ2n) is 4.72. The third-order valence-electron chi connectivity index (χ3n) is 2.99. The molecule has 0 aromatic heterocycles. The molecule has 0 unspecified atom stereocenters. The Bertz CT molecular complexity index is 758. The van der Waals surface area contributed by atoms with E-state index in [0.717, 1.165) is 12.7 Å². The molecule has 3 N–H and O–H groups in total. The standard InChI is InChI=1S/C15H12I3NO4.Na/c16-9-6-14(23-8-1-2-13(20)10(17)5-8)11(18)3-7(9)4-12(19)15(21)22;/h1-3,5-6,12,20H,4,19H2,(H,21,22);/q;+1/p-1/t12-;/m1./s1. The van der Waals surface area contributed by atoms with Gasteiger partial charge in [-0.25, -0.2) is 0 Å². The van der Waals surface area contributed by atoms with Crippen molar-refractivity contribution in [1.29, 1.82) is 0 Å². The van der Waals surface area contributed by atoms with Crippen LogP contribution in [0.15, 0.2) is 30.3 Å². The molecular formula is C15H11I3NNaO4. The zero-order chi connectivity index (χ0) is 17.1. The van der Waals surface area contributed by atoms with Gasteiger partial charge in [-0.3, -0.25) is 4.79 Å². The number of rotatable bonds is 5. The van der Waals surface area contributed by atoms with E-state index in [9.17, 15) is 9.90 Å². The molecule has 0 aliphatic carbocycles. The summed E-state index contributed by atoms with van der Waals surface area (Å²) in [7, 11) is 0. The Hall–Kier alpha value is 0.660. The molecule has 0 aliphatic rings. The molecule has 5 nitrogen and oxygen atoms in total. The van der Waals surface area contributed by atoms with E-state index in [4.69, 9.17) is 15.6 Å². The fraction of sp³-hybridized carbons (Fsp3) is 0.133. The van der Waals surface area contributed by atoms with Crippen LogP contribution in [-0.2, 0) is 11.2 Å². The Kier molecular flexibility index (Phi) is 9.57. The summed E-state index contributed by atoms with van der Waals surface area (Å²) in [5, 5.41) is 20.3. The summed E-state index contributed by atoms with van der Waals surface area (Å²) in [5.74, 6) is 0.165. The molecule has 0 amide bonds. The SMILES string of the molecule is N[C@H](Cc1cc(I)c(Oc2ccc([O-])c(I)c2)cc1I)C(=O)O.[Na+]. The van der Waals surface area contributed by atoms with Crippen LogP contribution in [0.25, 0.3) is 0 Å². The van der Waals surface area contributed by atoms with Crippen molar-refractivity contribution in [3.63, 3.8) is 0 Å². The van der Waals surface area contributed by atoms with Gasteiger partial charge in [0.1, 0.15) is 17.5 Å². The summed E-state index contributed by atoms with van der Waals surface area (Å²) in [6.45, 7) is 0. The molecule has 122 valence electrons. The molecule has 0 heterocycles. The third kappa shape index (κ3) is 6.13. The zero-order valence-electron chi connectivity index (χ0n) is 12.6. The smallest absolute Gasteiger partial charge is 0.872 e. The number of hydrogen-bond donors (Lipinski definition) is 2. The van der Waals surface area contributed by atoms with E-state index in [1.807, 2.05) is 34.7 Å². The van der Waals surface area contributed by atoms with Crippen LogP contribution in [0.3, 0.4) is 0 Å². The summed E-state index contributed by atoms with van der Waals surface area (Å²) >= 11 is 6.23. The van der Waals surface area contributed by atoms with Gasteiger partial charge in [-0.15, -0.1) is 0 Å². The molecule has 2 aromatic rings. The average Bonchev–Trinajstić information content (AvgIpc) is 2.47. The van der Waals surface area contributed by atoms with Crippen molar-refractivity contribution in [3.8, 4) is 17.2 Å². The number of carboxylic acid groups (broad SMARTS) is 1. The molecule has 2 aromatic carbocycles. The van der Waals surface area contributed by atoms with Crippen LogP contribution >= 0.6 is 67.8 Å². The topological polar surface area (TPSA) is 95.6 Å². The maximum atomic E-state index is 11.4. The van der Waals surface area contributed by atoms with Gasteiger partial charge < -0.3 is 20.7 Å². The van der Waals surface area contributed by atoms with E-state index in [-0.39, 0.29) is 41.7 Å². The molecule has 24 heavy (non-hydrogen) atoms. The predicted molar refractivity (Wildman–Crippen MR) is 110 cm³/mol. The fourth-order valence-corrected chi connectivity index (χ4v) is 3.59. The Morgan fingerprint density at radius 3 is 2.42 bits per heavy atom. The van der Waals surface area contributed by atoms with Crippen LogP contribution in [-0.4, -0.2) is 17.1 Å². The normalized spacial score (nSPS) is 11.5. The van der Waals surface area contributed by atoms with Gasteiger partial charge in [0.25, 0.3) is 0 Å². The van der Waals surface area contributed by atoms with Crippen molar-refractivity contribution < 1.29 is 49.3 Å². The van der Waals surface area contributed by atoms with Crippen molar-refractivity contribution in [2.75, 3.05) is 0 Å². The molecule has 0 aliphatic heterocycles. The number of aliphatic carboxylic acids is 1. The van der Waals surface area contributed by atoms with Crippen LogP contribution in [0.2, 0.25) is 0 Å². The van der Waals surface area contributed by atoms with Gasteiger partial charge >= 0.3 is 35.5 Å². The van der Waals surface area contributed by atoms with Crippen molar-refractivity contribution in [3.05, 3.63) is 46.6 Å². The third-order valence-corrected chi connectivity index (χ3v) is 5.68. The molecule has 0 radical (unpaired) electrons. The largest absolute Gasteiger partial charge is 1.00 e. The summed E-state index contributed by atoms with van der Waals surface area (Å²) in [6, 6.07) is 7.55. The van der Waals surface area contributed by atoms with E-state index in [2.05, 4.69) is 45.2 Å². The molecule has 9 heteroatoms. The predicted octanol–water partition coefficient (Wildman–Crippen LogP) is 0.325. The van der Waals surface area contributed by atoms with Crippen LogP contribution in [0.4, 0.5) is 0 Å². The summed E-state index contributed by atoms with van der Waals surface area (Å²) in [6.07, 6.45) is 0.257. The van der Waals surface area contributed by atoms with Crippen LogP contribution in [0.1, 0.15) is 5.56 Å². The van der Waals surface area contributed by atoms with E-state index in [1.165, 1.54) is 6.07 Å². The summed E-state index contributed by atoms with van der Waals surface area (Å²) < 4.78 is 8.14. The average molecular weight is 673 g/mol. The van der Waals surface area contributed by atoms with Crippen molar-refractivity contribution in [2.24, 2.45) is 5.73 Å². The minimum Gasteiger partial charge on any atom is -0.872 e. The first kappa shape index (κ1) is 22.7. The molecule has 0 saturated heterocycles. The summed E-state index contributed by atoms with van der Waals surface area (Å²) in [4.78, 5) is 10.9. The Morgan fingerprint density at radius 2 is 1.83 bits per heavy atom. The summed E-state index contributed by atoms with van der Waals surface area (Å²) in [5.41, 5.74) is 6.46. The minimum absolute atomic E-state index is 0. The first-order valence-electron chi connectivity index (χ1n) is 6.38. The van der Waals surface area contributed by atoms with E-state index in [1.54, 1.807) is 12.1 Å². The molecule has 0 spiro atoms. The molecule has 0 bridgehead atoms. The number of benzene rings is 2. The zero-order valence-corrected chi connectivity index (χ0v) is 21.0. The molecule has 0 fully saturated rings. The minimum atomic E-state index is -1.02. The second-order valence-corrected chi connectivity index (χ2v) is 8.20. The number of ether oxygens (including phenoxy) is 1. The monoisotopic (exact) mass is 673 g/mol. The first-order chi connectivity index (χ1) is 10.8. The van der Waals surface area contributed by atoms with Gasteiger partial charge in [0, 0.05) is 7.14 Å². The quantitative estimate of drug-likeness (QED) is 0.353. The number of halogens is 3. The molecule has 2 rings (SSSR count). The Morgan fingerprint density at radius 1 is 1.17 bits per heavy atom. The number of carboxylic acids is 1. The van der Waals surface area contributed by atoms with Crippen molar-refractivity contribution >= 4 is 73.7 Å². The van der Waals surface area contributed by atoms with E-state index < -0.39 is 12.0 Å². The van der Waals surface area contributed by atoms with Crippen LogP contribution in [0, 0.1) is 10.7 Å². The number of nitrogens with two attached hydrogens (primary N) is 1. The van der Waals surface area contributed by atoms with Gasteiger partial charge in [-0.05, 0) is 104 Å². The van der Waals surface area contributed by atoms with Gasteiger partial charge in [-0.1, -0.05) is 11.8 Å².